The molecular formula is C18H25N3O5. The molecule has 2 saturated heterocycles. The van der Waals surface area contributed by atoms with Crippen LogP contribution in [0.5, 0.6) is 0 Å². The van der Waals surface area contributed by atoms with Gasteiger partial charge in [0.2, 0.25) is 5.91 Å². The number of morpholine rings is 2. The molecule has 0 saturated carbocycles. The van der Waals surface area contributed by atoms with Crippen molar-refractivity contribution in [3.05, 3.63) is 23.8 Å². The Morgan fingerprint density at radius 1 is 1.27 bits per heavy atom. The van der Waals surface area contributed by atoms with Gasteiger partial charge >= 0.3 is 5.97 Å². The van der Waals surface area contributed by atoms with E-state index in [9.17, 15) is 9.59 Å². The summed E-state index contributed by atoms with van der Waals surface area (Å²) in [5.41, 5.74) is 1.71. The smallest absolute Gasteiger partial charge is 0.340 e. The van der Waals surface area contributed by atoms with Gasteiger partial charge in [-0.1, -0.05) is 0 Å². The van der Waals surface area contributed by atoms with E-state index in [4.69, 9.17) is 14.2 Å². The monoisotopic (exact) mass is 363 g/mol. The highest BCUT2D eigenvalue weighted by Gasteiger charge is 2.21. The van der Waals surface area contributed by atoms with Crippen LogP contribution < -0.4 is 15.5 Å². The molecule has 2 aliphatic heterocycles. The van der Waals surface area contributed by atoms with Gasteiger partial charge in [-0.3, -0.25) is 4.79 Å². The molecule has 3 rings (SSSR count). The average Bonchev–Trinajstić information content (AvgIpc) is 2.69. The van der Waals surface area contributed by atoms with Crippen molar-refractivity contribution in [2.75, 3.05) is 63.4 Å². The van der Waals surface area contributed by atoms with Crippen molar-refractivity contribution in [3.8, 4) is 0 Å². The van der Waals surface area contributed by atoms with E-state index in [1.54, 1.807) is 12.1 Å². The van der Waals surface area contributed by atoms with Gasteiger partial charge in [0.05, 0.1) is 44.8 Å². The lowest BCUT2D eigenvalue weighted by Gasteiger charge is -2.29. The summed E-state index contributed by atoms with van der Waals surface area (Å²) in [6, 6.07) is 5.39. The summed E-state index contributed by atoms with van der Waals surface area (Å²) < 4.78 is 15.6. The van der Waals surface area contributed by atoms with Crippen molar-refractivity contribution in [1.29, 1.82) is 0 Å². The second-order valence-corrected chi connectivity index (χ2v) is 6.30. The standard InChI is InChI=1S/C18H25N3O5/c1-24-18(23)15-11-14(21-5-8-25-9-6-21)2-3-16(15)20-17(22)10-13-12-26-7-4-19-13/h2-3,11,13,19H,4-10,12H2,1H3,(H,20,22). The van der Waals surface area contributed by atoms with Gasteiger partial charge in [-0.15, -0.1) is 0 Å². The molecule has 26 heavy (non-hydrogen) atoms. The molecule has 2 fully saturated rings. The third-order valence-electron chi connectivity index (χ3n) is 4.49. The lowest BCUT2D eigenvalue weighted by molar-refractivity contribution is -0.117. The second-order valence-electron chi connectivity index (χ2n) is 6.30. The minimum Gasteiger partial charge on any atom is -0.465 e. The second kappa shape index (κ2) is 8.98. The number of anilines is 2. The minimum absolute atomic E-state index is 0.0158. The number of methoxy groups -OCH3 is 1. The SMILES string of the molecule is COC(=O)c1cc(N2CCOCC2)ccc1NC(=O)CC1COCCN1. The topological polar surface area (TPSA) is 89.1 Å². The van der Waals surface area contributed by atoms with Gasteiger partial charge in [0.15, 0.2) is 0 Å². The molecule has 0 bridgehead atoms. The van der Waals surface area contributed by atoms with Crippen LogP contribution in [-0.4, -0.2) is 71.1 Å². The van der Waals surface area contributed by atoms with Gasteiger partial charge in [0.25, 0.3) is 0 Å². The van der Waals surface area contributed by atoms with E-state index in [2.05, 4.69) is 15.5 Å². The summed E-state index contributed by atoms with van der Waals surface area (Å²) in [5, 5.41) is 6.07. The molecule has 8 heteroatoms. The molecule has 2 aliphatic rings. The summed E-state index contributed by atoms with van der Waals surface area (Å²) in [5.74, 6) is -0.646. The van der Waals surface area contributed by atoms with Crippen LogP contribution in [0.3, 0.4) is 0 Å². The maximum Gasteiger partial charge on any atom is 0.340 e. The van der Waals surface area contributed by atoms with Crippen LogP contribution >= 0.6 is 0 Å². The lowest BCUT2D eigenvalue weighted by atomic mass is 10.1. The van der Waals surface area contributed by atoms with E-state index in [1.807, 2.05) is 6.07 Å². The Hall–Kier alpha value is -2.16. The number of carbonyl (C=O) groups is 2. The number of hydrogen-bond donors (Lipinski definition) is 2. The number of nitrogens with one attached hydrogen (secondary N) is 2. The third kappa shape index (κ3) is 4.72. The Labute approximate surface area is 152 Å². The van der Waals surface area contributed by atoms with Crippen LogP contribution in [0.4, 0.5) is 11.4 Å². The molecule has 1 atom stereocenters. The Bertz CT molecular complexity index is 640. The van der Waals surface area contributed by atoms with E-state index in [1.165, 1.54) is 7.11 Å². The predicted molar refractivity (Wildman–Crippen MR) is 96.7 cm³/mol. The highest BCUT2D eigenvalue weighted by molar-refractivity contribution is 6.02. The highest BCUT2D eigenvalue weighted by atomic mass is 16.5. The van der Waals surface area contributed by atoms with Gasteiger partial charge in [0.1, 0.15) is 0 Å². The van der Waals surface area contributed by atoms with Gasteiger partial charge in [-0.05, 0) is 18.2 Å². The number of carbonyl (C=O) groups excluding carboxylic acids is 2. The van der Waals surface area contributed by atoms with Crippen molar-refractivity contribution in [1.82, 2.24) is 5.32 Å². The van der Waals surface area contributed by atoms with Gasteiger partial charge < -0.3 is 29.7 Å². The zero-order valence-corrected chi connectivity index (χ0v) is 15.0. The molecular weight excluding hydrogens is 338 g/mol. The summed E-state index contributed by atoms with van der Waals surface area (Å²) in [6.07, 6.45) is 0.284. The fraction of sp³-hybridized carbons (Fsp3) is 0.556. The molecule has 1 amide bonds. The average molecular weight is 363 g/mol. The fourth-order valence-corrected chi connectivity index (χ4v) is 3.11. The molecule has 1 unspecified atom stereocenters. The Morgan fingerprint density at radius 3 is 2.77 bits per heavy atom. The third-order valence-corrected chi connectivity index (χ3v) is 4.49. The van der Waals surface area contributed by atoms with E-state index in [0.29, 0.717) is 37.7 Å². The predicted octanol–water partition coefficient (Wildman–Crippen LogP) is 0.627. The van der Waals surface area contributed by atoms with Crippen molar-refractivity contribution in [2.24, 2.45) is 0 Å². The number of rotatable bonds is 5. The fourth-order valence-electron chi connectivity index (χ4n) is 3.11. The number of amides is 1. The number of ether oxygens (including phenoxy) is 3. The number of nitrogens with zero attached hydrogens (tertiary/aromatic N) is 1. The van der Waals surface area contributed by atoms with Gasteiger partial charge in [-0.25, -0.2) is 4.79 Å². The molecule has 8 nitrogen and oxygen atoms in total. The van der Waals surface area contributed by atoms with E-state index < -0.39 is 5.97 Å². The number of benzene rings is 1. The molecule has 0 aliphatic carbocycles. The molecule has 142 valence electrons. The van der Waals surface area contributed by atoms with E-state index in [-0.39, 0.29) is 18.4 Å². The molecule has 2 heterocycles. The first kappa shape index (κ1) is 18.6. The normalized spacial score (nSPS) is 20.5. The first-order valence-electron chi connectivity index (χ1n) is 8.83. The zero-order chi connectivity index (χ0) is 18.4. The molecule has 0 spiro atoms. The van der Waals surface area contributed by atoms with Gasteiger partial charge in [-0.2, -0.15) is 0 Å². The zero-order valence-electron chi connectivity index (χ0n) is 15.0. The van der Waals surface area contributed by atoms with E-state index >= 15 is 0 Å². The number of hydrogen-bond acceptors (Lipinski definition) is 7. The Kier molecular flexibility index (Phi) is 6.43. The molecule has 0 aromatic heterocycles. The van der Waals surface area contributed by atoms with E-state index in [0.717, 1.165) is 25.3 Å². The van der Waals surface area contributed by atoms with Crippen LogP contribution in [0.1, 0.15) is 16.8 Å². The molecule has 2 N–H and O–H groups in total. The first-order chi connectivity index (χ1) is 12.7. The minimum atomic E-state index is -0.477. The molecule has 1 aromatic rings. The van der Waals surface area contributed by atoms with Crippen LogP contribution in [0.2, 0.25) is 0 Å². The summed E-state index contributed by atoms with van der Waals surface area (Å²) in [6.45, 7) is 4.74. The van der Waals surface area contributed by atoms with Gasteiger partial charge in [0, 0.05) is 37.8 Å². The van der Waals surface area contributed by atoms with Crippen LogP contribution in [0, 0.1) is 0 Å². The van der Waals surface area contributed by atoms with Crippen molar-refractivity contribution < 1.29 is 23.8 Å². The summed E-state index contributed by atoms with van der Waals surface area (Å²) in [7, 11) is 1.33. The van der Waals surface area contributed by atoms with Crippen LogP contribution in [-0.2, 0) is 19.0 Å². The quantitative estimate of drug-likeness (QED) is 0.742. The first-order valence-corrected chi connectivity index (χ1v) is 8.83. The van der Waals surface area contributed by atoms with Crippen LogP contribution in [0.25, 0.3) is 0 Å². The van der Waals surface area contributed by atoms with Crippen LogP contribution in [0.15, 0.2) is 18.2 Å². The highest BCUT2D eigenvalue weighted by Crippen LogP contribution is 2.25. The Balaban J connectivity index is 1.72. The van der Waals surface area contributed by atoms with Crippen molar-refractivity contribution in [2.45, 2.75) is 12.5 Å². The molecule has 1 aromatic carbocycles. The summed E-state index contributed by atoms with van der Waals surface area (Å²) >= 11 is 0. The number of esters is 1. The van der Waals surface area contributed by atoms with Crippen molar-refractivity contribution in [3.63, 3.8) is 0 Å². The molecule has 0 radical (unpaired) electrons. The Morgan fingerprint density at radius 2 is 2.08 bits per heavy atom. The maximum atomic E-state index is 12.3. The maximum absolute atomic E-state index is 12.3. The lowest BCUT2D eigenvalue weighted by Crippen LogP contribution is -2.43. The largest absolute Gasteiger partial charge is 0.465 e. The van der Waals surface area contributed by atoms with Crippen molar-refractivity contribution >= 4 is 23.3 Å². The summed E-state index contributed by atoms with van der Waals surface area (Å²) in [4.78, 5) is 26.7.